The maximum Gasteiger partial charge on any atom is 0.408 e. The van der Waals surface area contributed by atoms with Crippen molar-refractivity contribution in [2.45, 2.75) is 98.3 Å². The summed E-state index contributed by atoms with van der Waals surface area (Å²) in [6.45, 7) is 14.4. The van der Waals surface area contributed by atoms with E-state index in [0.717, 1.165) is 48.8 Å². The average Bonchev–Trinajstić information content (AvgIpc) is 2.78. The standard InChI is InChI=1S/C27H45N3O4S/c1-8-10-12-15-28-24(31)23(21-14-13-19(3)20(4)17-21)30(16-11-9-2)25(32)22(18-35)29-26(33)34-27(5,6)7/h13-14,17,22-23,35H,8-12,15-16,18H2,1-7H3,(H,28,31)(H,29,33). The van der Waals surface area contributed by atoms with Crippen molar-refractivity contribution in [1.82, 2.24) is 15.5 Å². The van der Waals surface area contributed by atoms with Crippen LogP contribution in [0.4, 0.5) is 4.79 Å². The SMILES string of the molecule is CCCCCNC(=O)C(c1ccc(C)c(C)c1)N(CCCC)C(=O)C(CS)NC(=O)OC(C)(C)C. The Morgan fingerprint density at radius 2 is 1.69 bits per heavy atom. The second-order valence-corrected chi connectivity index (χ2v) is 10.4. The molecule has 1 aromatic carbocycles. The molecule has 1 rings (SSSR count). The van der Waals surface area contributed by atoms with Crippen LogP contribution in [-0.2, 0) is 14.3 Å². The monoisotopic (exact) mass is 507 g/mol. The molecule has 7 nitrogen and oxygen atoms in total. The lowest BCUT2D eigenvalue weighted by Gasteiger charge is -2.34. The van der Waals surface area contributed by atoms with Gasteiger partial charge < -0.3 is 20.3 Å². The Bertz CT molecular complexity index is 838. The van der Waals surface area contributed by atoms with E-state index in [0.29, 0.717) is 13.1 Å². The number of ether oxygens (including phenoxy) is 1. The number of amides is 3. The van der Waals surface area contributed by atoms with Gasteiger partial charge in [0.25, 0.3) is 0 Å². The molecule has 0 aliphatic carbocycles. The van der Waals surface area contributed by atoms with Crippen LogP contribution in [0.15, 0.2) is 18.2 Å². The van der Waals surface area contributed by atoms with Crippen LogP contribution in [0.3, 0.4) is 0 Å². The summed E-state index contributed by atoms with van der Waals surface area (Å²) in [5, 5.41) is 5.67. The Balaban J connectivity index is 3.34. The molecule has 0 aliphatic heterocycles. The van der Waals surface area contributed by atoms with Gasteiger partial charge in [0.15, 0.2) is 0 Å². The molecule has 198 valence electrons. The fourth-order valence-corrected chi connectivity index (χ4v) is 3.87. The molecule has 0 saturated heterocycles. The van der Waals surface area contributed by atoms with Crippen LogP contribution < -0.4 is 10.6 Å². The van der Waals surface area contributed by atoms with Gasteiger partial charge >= 0.3 is 6.09 Å². The van der Waals surface area contributed by atoms with Gasteiger partial charge in [0.2, 0.25) is 11.8 Å². The molecule has 2 unspecified atom stereocenters. The molecule has 0 aromatic heterocycles. The van der Waals surface area contributed by atoms with Crippen LogP contribution in [0, 0.1) is 13.8 Å². The van der Waals surface area contributed by atoms with E-state index < -0.39 is 23.8 Å². The zero-order valence-electron chi connectivity index (χ0n) is 22.6. The van der Waals surface area contributed by atoms with E-state index in [1.165, 1.54) is 0 Å². The first-order valence-electron chi connectivity index (χ1n) is 12.7. The third-order valence-corrected chi connectivity index (χ3v) is 6.06. The number of carbonyl (C=O) groups excluding carboxylic acids is 3. The number of hydrogen-bond donors (Lipinski definition) is 3. The van der Waals surface area contributed by atoms with E-state index in [9.17, 15) is 14.4 Å². The van der Waals surface area contributed by atoms with Crippen LogP contribution >= 0.6 is 12.6 Å². The Labute approximate surface area is 217 Å². The third-order valence-electron chi connectivity index (χ3n) is 5.69. The molecule has 0 fully saturated rings. The third kappa shape index (κ3) is 10.5. The summed E-state index contributed by atoms with van der Waals surface area (Å²) in [6, 6.07) is 4.11. The van der Waals surface area contributed by atoms with E-state index in [1.807, 2.05) is 39.0 Å². The Morgan fingerprint density at radius 3 is 2.23 bits per heavy atom. The summed E-state index contributed by atoms with van der Waals surface area (Å²) in [7, 11) is 0. The molecule has 1 aromatic rings. The number of aryl methyl sites for hydroxylation is 2. The first-order valence-corrected chi connectivity index (χ1v) is 13.3. The smallest absolute Gasteiger partial charge is 0.408 e. The number of nitrogens with zero attached hydrogens (tertiary/aromatic N) is 1. The topological polar surface area (TPSA) is 87.7 Å². The van der Waals surface area contributed by atoms with Crippen molar-refractivity contribution in [3.8, 4) is 0 Å². The number of unbranched alkanes of at least 4 members (excludes halogenated alkanes) is 3. The van der Waals surface area contributed by atoms with Crippen LogP contribution in [0.2, 0.25) is 0 Å². The number of carbonyl (C=O) groups is 3. The van der Waals surface area contributed by atoms with Gasteiger partial charge in [0, 0.05) is 18.8 Å². The van der Waals surface area contributed by atoms with Gasteiger partial charge in [-0.2, -0.15) is 12.6 Å². The highest BCUT2D eigenvalue weighted by atomic mass is 32.1. The molecule has 3 amide bonds. The Kier molecular flexibility index (Phi) is 13.2. The van der Waals surface area contributed by atoms with Crippen molar-refractivity contribution in [1.29, 1.82) is 0 Å². The highest BCUT2D eigenvalue weighted by molar-refractivity contribution is 7.80. The highest BCUT2D eigenvalue weighted by Crippen LogP contribution is 2.25. The Hall–Kier alpha value is -2.22. The maximum atomic E-state index is 13.8. The van der Waals surface area contributed by atoms with Gasteiger partial charge in [0.05, 0.1) is 0 Å². The van der Waals surface area contributed by atoms with Crippen molar-refractivity contribution in [3.05, 3.63) is 34.9 Å². The maximum absolute atomic E-state index is 13.8. The van der Waals surface area contributed by atoms with Crippen LogP contribution in [-0.4, -0.2) is 53.3 Å². The number of benzene rings is 1. The summed E-state index contributed by atoms with van der Waals surface area (Å²) >= 11 is 4.33. The predicted octanol–water partition coefficient (Wildman–Crippen LogP) is 5.10. The molecule has 0 heterocycles. The molecule has 2 atom stereocenters. The normalized spacial score (nSPS) is 13.0. The molecule has 0 saturated carbocycles. The van der Waals surface area contributed by atoms with Crippen LogP contribution in [0.1, 0.15) is 89.5 Å². The predicted molar refractivity (Wildman–Crippen MR) is 145 cm³/mol. The first kappa shape index (κ1) is 30.8. The van der Waals surface area contributed by atoms with E-state index in [4.69, 9.17) is 4.74 Å². The van der Waals surface area contributed by atoms with E-state index in [1.54, 1.807) is 25.7 Å². The molecular formula is C27H45N3O4S. The Morgan fingerprint density at radius 1 is 1.03 bits per heavy atom. The minimum absolute atomic E-state index is 0.0818. The van der Waals surface area contributed by atoms with Gasteiger partial charge in [-0.1, -0.05) is 51.3 Å². The van der Waals surface area contributed by atoms with Crippen molar-refractivity contribution in [3.63, 3.8) is 0 Å². The van der Waals surface area contributed by atoms with Crippen LogP contribution in [0.5, 0.6) is 0 Å². The van der Waals surface area contributed by atoms with Gasteiger partial charge in [-0.15, -0.1) is 0 Å². The summed E-state index contributed by atoms with van der Waals surface area (Å²) in [5.74, 6) is -0.492. The average molecular weight is 508 g/mol. The van der Waals surface area contributed by atoms with E-state index in [-0.39, 0.29) is 17.6 Å². The summed E-state index contributed by atoms with van der Waals surface area (Å²) in [5.41, 5.74) is 2.21. The number of thiol groups is 1. The first-order chi connectivity index (χ1) is 16.4. The number of alkyl carbamates (subject to hydrolysis) is 1. The van der Waals surface area contributed by atoms with Gasteiger partial charge in [0.1, 0.15) is 17.7 Å². The quantitative estimate of drug-likeness (QED) is 0.256. The minimum Gasteiger partial charge on any atom is -0.444 e. The zero-order valence-corrected chi connectivity index (χ0v) is 23.5. The van der Waals surface area contributed by atoms with Gasteiger partial charge in [-0.05, 0) is 64.2 Å². The second kappa shape index (κ2) is 15.0. The summed E-state index contributed by atoms with van der Waals surface area (Å²) < 4.78 is 5.34. The second-order valence-electron chi connectivity index (χ2n) is 10.0. The van der Waals surface area contributed by atoms with E-state index >= 15 is 0 Å². The number of rotatable bonds is 13. The summed E-state index contributed by atoms with van der Waals surface area (Å²) in [4.78, 5) is 41.2. The number of hydrogen-bond acceptors (Lipinski definition) is 5. The van der Waals surface area contributed by atoms with Crippen molar-refractivity contribution < 1.29 is 19.1 Å². The minimum atomic E-state index is -0.924. The lowest BCUT2D eigenvalue weighted by molar-refractivity contribution is -0.142. The van der Waals surface area contributed by atoms with Gasteiger partial charge in [-0.25, -0.2) is 4.79 Å². The summed E-state index contributed by atoms with van der Waals surface area (Å²) in [6.07, 6.45) is 3.84. The largest absolute Gasteiger partial charge is 0.444 e. The van der Waals surface area contributed by atoms with Crippen LogP contribution in [0.25, 0.3) is 0 Å². The molecule has 0 aliphatic rings. The molecule has 35 heavy (non-hydrogen) atoms. The van der Waals surface area contributed by atoms with E-state index in [2.05, 4.69) is 30.2 Å². The fraction of sp³-hybridized carbons (Fsp3) is 0.667. The zero-order chi connectivity index (χ0) is 26.6. The van der Waals surface area contributed by atoms with Crippen molar-refractivity contribution in [2.24, 2.45) is 0 Å². The van der Waals surface area contributed by atoms with Crippen molar-refractivity contribution >= 4 is 30.5 Å². The lowest BCUT2D eigenvalue weighted by Crippen LogP contribution is -2.54. The molecule has 0 bridgehead atoms. The van der Waals surface area contributed by atoms with Gasteiger partial charge in [-0.3, -0.25) is 9.59 Å². The molecular weight excluding hydrogens is 462 g/mol. The fourth-order valence-electron chi connectivity index (χ4n) is 3.62. The molecule has 0 radical (unpaired) electrons. The highest BCUT2D eigenvalue weighted by Gasteiger charge is 2.35. The molecule has 2 N–H and O–H groups in total. The molecule has 0 spiro atoms. The van der Waals surface area contributed by atoms with Crippen molar-refractivity contribution in [2.75, 3.05) is 18.8 Å². The number of nitrogens with one attached hydrogen (secondary N) is 2. The molecule has 8 heteroatoms. The lowest BCUT2D eigenvalue weighted by atomic mass is 9.98.